The number of likely N-dealkylation sites (tertiary alicyclic amines) is 1. The molecule has 1 aliphatic rings. The summed E-state index contributed by atoms with van der Waals surface area (Å²) in [5, 5.41) is 9.24. The molecule has 1 saturated heterocycles. The summed E-state index contributed by atoms with van der Waals surface area (Å²) in [5.41, 5.74) is 0.486. The highest BCUT2D eigenvalue weighted by molar-refractivity contribution is 5.89. The highest BCUT2D eigenvalue weighted by atomic mass is 16.5. The number of nitrogens with zero attached hydrogens (tertiary/aromatic N) is 1. The van der Waals surface area contributed by atoms with Crippen LogP contribution < -0.4 is 4.74 Å². The average Bonchev–Trinajstić information content (AvgIpc) is 2.94. The number of methoxy groups -OCH3 is 1. The molecular weight excluding hydrogens is 258 g/mol. The van der Waals surface area contributed by atoms with E-state index in [0.29, 0.717) is 17.9 Å². The summed E-state index contributed by atoms with van der Waals surface area (Å²) in [6.45, 7) is 2.55. The SMILES string of the molecule is COC(=O)c1cccc(OCCN2CCC[C@H]2CO)c1. The fraction of sp³-hybridized carbons (Fsp3) is 0.533. The summed E-state index contributed by atoms with van der Waals surface area (Å²) in [6, 6.07) is 7.23. The van der Waals surface area contributed by atoms with E-state index in [1.54, 1.807) is 18.2 Å². The molecular formula is C15H21NO4. The molecule has 1 aromatic carbocycles. The van der Waals surface area contributed by atoms with Crippen molar-refractivity contribution in [2.24, 2.45) is 0 Å². The second-order valence-corrected chi connectivity index (χ2v) is 4.88. The topological polar surface area (TPSA) is 59.0 Å². The van der Waals surface area contributed by atoms with E-state index in [-0.39, 0.29) is 18.6 Å². The van der Waals surface area contributed by atoms with Gasteiger partial charge < -0.3 is 14.6 Å². The third kappa shape index (κ3) is 3.71. The first-order chi connectivity index (χ1) is 9.74. The molecule has 2 rings (SSSR count). The summed E-state index contributed by atoms with van der Waals surface area (Å²) < 4.78 is 10.3. The van der Waals surface area contributed by atoms with E-state index < -0.39 is 0 Å². The van der Waals surface area contributed by atoms with Crippen LogP contribution in [0.2, 0.25) is 0 Å². The molecule has 110 valence electrons. The Morgan fingerprint density at radius 3 is 3.10 bits per heavy atom. The first kappa shape index (κ1) is 14.8. The van der Waals surface area contributed by atoms with Crippen LogP contribution in [0.4, 0.5) is 0 Å². The number of esters is 1. The van der Waals surface area contributed by atoms with E-state index in [0.717, 1.165) is 25.9 Å². The molecule has 0 bridgehead atoms. The molecule has 0 saturated carbocycles. The first-order valence-corrected chi connectivity index (χ1v) is 6.90. The standard InChI is InChI=1S/C15H21NO4/c1-19-15(18)12-4-2-6-14(10-12)20-9-8-16-7-3-5-13(16)11-17/h2,4,6,10,13,17H,3,5,7-9,11H2,1H3/t13-/m0/s1. The summed E-state index contributed by atoms with van der Waals surface area (Å²) >= 11 is 0. The highest BCUT2D eigenvalue weighted by Gasteiger charge is 2.23. The lowest BCUT2D eigenvalue weighted by molar-refractivity contribution is 0.0600. The smallest absolute Gasteiger partial charge is 0.337 e. The van der Waals surface area contributed by atoms with E-state index in [1.807, 2.05) is 6.07 Å². The van der Waals surface area contributed by atoms with E-state index in [1.165, 1.54) is 7.11 Å². The van der Waals surface area contributed by atoms with Crippen LogP contribution in [0, 0.1) is 0 Å². The fourth-order valence-corrected chi connectivity index (χ4v) is 2.51. The third-order valence-corrected chi connectivity index (χ3v) is 3.61. The van der Waals surface area contributed by atoms with Crippen LogP contribution in [0.1, 0.15) is 23.2 Å². The maximum atomic E-state index is 11.4. The number of hydrogen-bond donors (Lipinski definition) is 1. The van der Waals surface area contributed by atoms with Gasteiger partial charge in [-0.25, -0.2) is 4.79 Å². The van der Waals surface area contributed by atoms with Gasteiger partial charge in [-0.15, -0.1) is 0 Å². The molecule has 1 fully saturated rings. The normalized spacial score (nSPS) is 19.0. The molecule has 20 heavy (non-hydrogen) atoms. The van der Waals surface area contributed by atoms with Gasteiger partial charge in [0.2, 0.25) is 0 Å². The van der Waals surface area contributed by atoms with Crippen molar-refractivity contribution >= 4 is 5.97 Å². The second-order valence-electron chi connectivity index (χ2n) is 4.88. The van der Waals surface area contributed by atoms with Crippen molar-refractivity contribution in [3.05, 3.63) is 29.8 Å². The van der Waals surface area contributed by atoms with Crippen LogP contribution in [0.25, 0.3) is 0 Å². The predicted octanol–water partition coefficient (Wildman–Crippen LogP) is 1.31. The Hall–Kier alpha value is -1.59. The van der Waals surface area contributed by atoms with Crippen LogP contribution in [-0.4, -0.2) is 55.4 Å². The van der Waals surface area contributed by atoms with Crippen molar-refractivity contribution in [2.75, 3.05) is 33.4 Å². The minimum absolute atomic E-state index is 0.206. The largest absolute Gasteiger partial charge is 0.492 e. The molecule has 0 spiro atoms. The summed E-state index contributed by atoms with van der Waals surface area (Å²) in [4.78, 5) is 13.7. The Morgan fingerprint density at radius 1 is 1.50 bits per heavy atom. The van der Waals surface area contributed by atoms with E-state index >= 15 is 0 Å². The average molecular weight is 279 g/mol. The number of rotatable bonds is 6. The number of benzene rings is 1. The van der Waals surface area contributed by atoms with E-state index in [9.17, 15) is 9.90 Å². The molecule has 1 atom stereocenters. The Morgan fingerprint density at radius 2 is 2.35 bits per heavy atom. The van der Waals surface area contributed by atoms with Gasteiger partial charge >= 0.3 is 5.97 Å². The number of ether oxygens (including phenoxy) is 2. The van der Waals surface area contributed by atoms with Crippen LogP contribution >= 0.6 is 0 Å². The molecule has 0 radical (unpaired) electrons. The van der Waals surface area contributed by atoms with Crippen molar-refractivity contribution in [2.45, 2.75) is 18.9 Å². The maximum absolute atomic E-state index is 11.4. The van der Waals surface area contributed by atoms with Gasteiger partial charge in [-0.3, -0.25) is 4.90 Å². The van der Waals surface area contributed by atoms with Gasteiger partial charge in [0.05, 0.1) is 19.3 Å². The number of hydrogen-bond acceptors (Lipinski definition) is 5. The van der Waals surface area contributed by atoms with Crippen LogP contribution in [0.5, 0.6) is 5.75 Å². The Labute approximate surface area is 119 Å². The summed E-state index contributed by atoms with van der Waals surface area (Å²) in [6.07, 6.45) is 2.18. The minimum Gasteiger partial charge on any atom is -0.492 e. The molecule has 5 nitrogen and oxygen atoms in total. The first-order valence-electron chi connectivity index (χ1n) is 6.90. The Bertz CT molecular complexity index is 449. The second kappa shape index (κ2) is 7.26. The number of aliphatic hydroxyl groups is 1. The summed E-state index contributed by atoms with van der Waals surface area (Å²) in [5.74, 6) is 0.294. The molecule has 1 aliphatic heterocycles. The lowest BCUT2D eigenvalue weighted by Gasteiger charge is -2.22. The van der Waals surface area contributed by atoms with Gasteiger partial charge in [0, 0.05) is 12.6 Å². The highest BCUT2D eigenvalue weighted by Crippen LogP contribution is 2.17. The summed E-state index contributed by atoms with van der Waals surface area (Å²) in [7, 11) is 1.36. The van der Waals surface area contributed by atoms with Crippen molar-refractivity contribution in [1.82, 2.24) is 4.90 Å². The zero-order valence-corrected chi connectivity index (χ0v) is 11.7. The van der Waals surface area contributed by atoms with Crippen molar-refractivity contribution < 1.29 is 19.4 Å². The Kier molecular flexibility index (Phi) is 5.38. The fourth-order valence-electron chi connectivity index (χ4n) is 2.51. The minimum atomic E-state index is -0.365. The third-order valence-electron chi connectivity index (χ3n) is 3.61. The van der Waals surface area contributed by atoms with E-state index in [4.69, 9.17) is 4.74 Å². The zero-order chi connectivity index (χ0) is 14.4. The van der Waals surface area contributed by atoms with Crippen molar-refractivity contribution in [1.29, 1.82) is 0 Å². The van der Waals surface area contributed by atoms with Gasteiger partial charge in [0.1, 0.15) is 12.4 Å². The molecule has 1 aromatic rings. The van der Waals surface area contributed by atoms with Gasteiger partial charge in [0.15, 0.2) is 0 Å². The predicted molar refractivity (Wildman–Crippen MR) is 75.0 cm³/mol. The molecule has 0 amide bonds. The lowest BCUT2D eigenvalue weighted by Crippen LogP contribution is -2.35. The number of carbonyl (C=O) groups is 1. The number of carbonyl (C=O) groups excluding carboxylic acids is 1. The van der Waals surface area contributed by atoms with Crippen LogP contribution in [-0.2, 0) is 4.74 Å². The lowest BCUT2D eigenvalue weighted by atomic mass is 10.2. The molecule has 0 unspecified atom stereocenters. The van der Waals surface area contributed by atoms with Gasteiger partial charge in [-0.05, 0) is 37.6 Å². The van der Waals surface area contributed by atoms with Crippen molar-refractivity contribution in [3.63, 3.8) is 0 Å². The molecule has 0 aromatic heterocycles. The molecule has 5 heteroatoms. The van der Waals surface area contributed by atoms with Crippen molar-refractivity contribution in [3.8, 4) is 5.75 Å². The monoisotopic (exact) mass is 279 g/mol. The van der Waals surface area contributed by atoms with E-state index in [2.05, 4.69) is 9.64 Å². The Balaban J connectivity index is 1.83. The van der Waals surface area contributed by atoms with Crippen LogP contribution in [0.3, 0.4) is 0 Å². The van der Waals surface area contributed by atoms with Gasteiger partial charge in [0.25, 0.3) is 0 Å². The molecule has 1 N–H and O–H groups in total. The molecule has 1 heterocycles. The maximum Gasteiger partial charge on any atom is 0.337 e. The molecule has 0 aliphatic carbocycles. The van der Waals surface area contributed by atoms with Gasteiger partial charge in [-0.1, -0.05) is 6.07 Å². The van der Waals surface area contributed by atoms with Crippen LogP contribution in [0.15, 0.2) is 24.3 Å². The number of aliphatic hydroxyl groups excluding tert-OH is 1. The van der Waals surface area contributed by atoms with Gasteiger partial charge in [-0.2, -0.15) is 0 Å². The zero-order valence-electron chi connectivity index (χ0n) is 11.7. The quantitative estimate of drug-likeness (QED) is 0.796.